The predicted molar refractivity (Wildman–Crippen MR) is 47.9 cm³/mol. The lowest BCUT2D eigenvalue weighted by Gasteiger charge is -2.21. The zero-order valence-electron chi connectivity index (χ0n) is 7.62. The van der Waals surface area contributed by atoms with Crippen LogP contribution in [0, 0.1) is 11.3 Å². The average molecular weight is 208 g/mol. The number of carboxylic acids is 2. The van der Waals surface area contributed by atoms with E-state index in [0.717, 1.165) is 4.57 Å². The third-order valence-corrected chi connectivity index (χ3v) is 1.99. The molecule has 1 heterocycles. The van der Waals surface area contributed by atoms with Crippen LogP contribution < -0.4 is 0 Å². The van der Waals surface area contributed by atoms with Crippen molar-refractivity contribution in [2.75, 3.05) is 0 Å². The van der Waals surface area contributed by atoms with Crippen LogP contribution in [0.1, 0.15) is 6.42 Å². The molecule has 0 aliphatic rings. The van der Waals surface area contributed by atoms with Gasteiger partial charge >= 0.3 is 11.9 Å². The number of carbonyl (C=O) groups is 2. The van der Waals surface area contributed by atoms with Crippen molar-refractivity contribution in [3.63, 3.8) is 0 Å². The Bertz CT molecular complexity index is 418. The first-order valence-corrected chi connectivity index (χ1v) is 4.03. The summed E-state index contributed by atoms with van der Waals surface area (Å²) in [5.41, 5.74) is -2.07. The van der Waals surface area contributed by atoms with Crippen LogP contribution >= 0.6 is 0 Å². The standard InChI is InChI=1S/C9H8N2O4/c10-6-9(8(14)15,5-7(12)13)11-3-1-2-4-11/h1-4H,5H2,(H,12,13)(H,14,15). The lowest BCUT2D eigenvalue weighted by atomic mass is 9.97. The van der Waals surface area contributed by atoms with Gasteiger partial charge < -0.3 is 14.8 Å². The zero-order valence-corrected chi connectivity index (χ0v) is 7.62. The van der Waals surface area contributed by atoms with Crippen molar-refractivity contribution < 1.29 is 19.8 Å². The molecule has 6 nitrogen and oxygen atoms in total. The summed E-state index contributed by atoms with van der Waals surface area (Å²) < 4.78 is 1.07. The molecular formula is C9H8N2O4. The second-order valence-electron chi connectivity index (χ2n) is 2.94. The maximum atomic E-state index is 11.0. The van der Waals surface area contributed by atoms with Crippen molar-refractivity contribution in [3.05, 3.63) is 24.5 Å². The molecule has 0 aromatic carbocycles. The number of hydrogen-bond acceptors (Lipinski definition) is 3. The van der Waals surface area contributed by atoms with Gasteiger partial charge in [0.2, 0.25) is 5.54 Å². The van der Waals surface area contributed by atoms with E-state index in [-0.39, 0.29) is 0 Å². The number of carboxylic acid groups (broad SMARTS) is 2. The quantitative estimate of drug-likeness (QED) is 0.738. The van der Waals surface area contributed by atoms with Gasteiger partial charge in [-0.05, 0) is 12.1 Å². The number of rotatable bonds is 4. The number of nitrogens with zero attached hydrogens (tertiary/aromatic N) is 2. The molecule has 0 fully saturated rings. The summed E-state index contributed by atoms with van der Waals surface area (Å²) >= 11 is 0. The van der Waals surface area contributed by atoms with Crippen LogP contribution in [0.25, 0.3) is 0 Å². The first-order valence-electron chi connectivity index (χ1n) is 4.03. The third-order valence-electron chi connectivity index (χ3n) is 1.99. The van der Waals surface area contributed by atoms with Crippen LogP contribution in [0.3, 0.4) is 0 Å². The Morgan fingerprint density at radius 2 is 1.87 bits per heavy atom. The van der Waals surface area contributed by atoms with E-state index in [0.29, 0.717) is 0 Å². The van der Waals surface area contributed by atoms with Gasteiger partial charge in [0, 0.05) is 12.4 Å². The first kappa shape index (κ1) is 10.8. The molecule has 0 saturated heterocycles. The second-order valence-corrected chi connectivity index (χ2v) is 2.94. The van der Waals surface area contributed by atoms with Gasteiger partial charge in [0.25, 0.3) is 0 Å². The van der Waals surface area contributed by atoms with E-state index in [2.05, 4.69) is 0 Å². The van der Waals surface area contributed by atoms with Crippen LogP contribution in [-0.2, 0) is 15.1 Å². The Labute approximate surface area is 85.0 Å². The monoisotopic (exact) mass is 208 g/mol. The van der Waals surface area contributed by atoms with Gasteiger partial charge in [0.15, 0.2) is 0 Å². The summed E-state index contributed by atoms with van der Waals surface area (Å²) in [5, 5.41) is 26.4. The van der Waals surface area contributed by atoms with Gasteiger partial charge in [-0.2, -0.15) is 5.26 Å². The SMILES string of the molecule is N#CC(CC(=O)O)(C(=O)O)n1cccc1. The second kappa shape index (κ2) is 3.84. The van der Waals surface area contributed by atoms with Crippen molar-refractivity contribution in [1.29, 1.82) is 5.26 Å². The zero-order chi connectivity index (χ0) is 11.5. The molecule has 0 radical (unpaired) electrons. The van der Waals surface area contributed by atoms with Crippen LogP contribution in [0.4, 0.5) is 0 Å². The Hall–Kier alpha value is -2.29. The van der Waals surface area contributed by atoms with Crippen LogP contribution in [0.2, 0.25) is 0 Å². The lowest BCUT2D eigenvalue weighted by Crippen LogP contribution is -2.41. The molecule has 15 heavy (non-hydrogen) atoms. The fourth-order valence-corrected chi connectivity index (χ4v) is 1.23. The molecule has 0 saturated carbocycles. The van der Waals surface area contributed by atoms with Gasteiger partial charge in [-0.25, -0.2) is 4.79 Å². The highest BCUT2D eigenvalue weighted by molar-refractivity contribution is 5.86. The van der Waals surface area contributed by atoms with E-state index in [1.54, 1.807) is 0 Å². The molecule has 1 aromatic heterocycles. The first-order chi connectivity index (χ1) is 7.03. The topological polar surface area (TPSA) is 103 Å². The molecule has 0 amide bonds. The molecule has 0 aliphatic carbocycles. The fourth-order valence-electron chi connectivity index (χ4n) is 1.23. The minimum Gasteiger partial charge on any atom is -0.481 e. The minimum absolute atomic E-state index is 0.784. The molecule has 6 heteroatoms. The summed E-state index contributed by atoms with van der Waals surface area (Å²) in [4.78, 5) is 21.5. The highest BCUT2D eigenvalue weighted by Crippen LogP contribution is 2.21. The van der Waals surface area contributed by atoms with E-state index in [1.807, 2.05) is 0 Å². The summed E-state index contributed by atoms with van der Waals surface area (Å²) in [6, 6.07) is 4.58. The van der Waals surface area contributed by atoms with Crippen LogP contribution in [-0.4, -0.2) is 26.7 Å². The molecule has 0 bridgehead atoms. The molecule has 1 aromatic rings. The number of hydrogen-bond donors (Lipinski definition) is 2. The van der Waals surface area contributed by atoms with E-state index in [4.69, 9.17) is 15.5 Å². The highest BCUT2D eigenvalue weighted by atomic mass is 16.4. The van der Waals surface area contributed by atoms with Gasteiger partial charge in [-0.3, -0.25) is 4.79 Å². The maximum absolute atomic E-state index is 11.0. The van der Waals surface area contributed by atoms with Crippen molar-refractivity contribution in [3.8, 4) is 6.07 Å². The number of aromatic nitrogens is 1. The van der Waals surface area contributed by atoms with Crippen molar-refractivity contribution in [1.82, 2.24) is 4.57 Å². The largest absolute Gasteiger partial charge is 0.481 e. The third kappa shape index (κ3) is 1.81. The van der Waals surface area contributed by atoms with Gasteiger partial charge in [-0.15, -0.1) is 0 Å². The van der Waals surface area contributed by atoms with E-state index in [9.17, 15) is 9.59 Å². The van der Waals surface area contributed by atoms with Crippen molar-refractivity contribution in [2.45, 2.75) is 12.0 Å². The van der Waals surface area contributed by atoms with Crippen LogP contribution in [0.5, 0.6) is 0 Å². The summed E-state index contributed by atoms with van der Waals surface area (Å²) in [6.07, 6.45) is 1.91. The smallest absolute Gasteiger partial charge is 0.345 e. The minimum atomic E-state index is -2.07. The Morgan fingerprint density at radius 3 is 2.20 bits per heavy atom. The molecule has 0 aliphatic heterocycles. The van der Waals surface area contributed by atoms with E-state index >= 15 is 0 Å². The summed E-state index contributed by atoms with van der Waals surface area (Å²) in [6.45, 7) is 0. The maximum Gasteiger partial charge on any atom is 0.345 e. The predicted octanol–water partition coefficient (Wildman–Crippen LogP) is 0.266. The lowest BCUT2D eigenvalue weighted by molar-refractivity contribution is -0.151. The Balaban J connectivity index is 3.23. The molecular weight excluding hydrogens is 200 g/mol. The van der Waals surface area contributed by atoms with Crippen molar-refractivity contribution >= 4 is 11.9 Å². The van der Waals surface area contributed by atoms with E-state index in [1.165, 1.54) is 30.6 Å². The normalized spacial score (nSPS) is 13.8. The molecule has 78 valence electrons. The van der Waals surface area contributed by atoms with Gasteiger partial charge in [0.05, 0.1) is 6.42 Å². The average Bonchev–Trinajstić information content (AvgIpc) is 2.66. The highest BCUT2D eigenvalue weighted by Gasteiger charge is 2.42. The molecule has 1 rings (SSSR count). The van der Waals surface area contributed by atoms with E-state index < -0.39 is 23.9 Å². The van der Waals surface area contributed by atoms with Gasteiger partial charge in [-0.1, -0.05) is 0 Å². The number of nitriles is 1. The van der Waals surface area contributed by atoms with Crippen LogP contribution in [0.15, 0.2) is 24.5 Å². The summed E-state index contributed by atoms with van der Waals surface area (Å²) in [7, 11) is 0. The summed E-state index contributed by atoms with van der Waals surface area (Å²) in [5.74, 6) is -2.82. The Kier molecular flexibility index (Phi) is 2.76. The molecule has 2 N–H and O–H groups in total. The Morgan fingerprint density at radius 1 is 1.33 bits per heavy atom. The molecule has 1 unspecified atom stereocenters. The molecule has 1 atom stereocenters. The molecule has 0 spiro atoms. The number of aliphatic carboxylic acids is 2. The van der Waals surface area contributed by atoms with Crippen molar-refractivity contribution in [2.24, 2.45) is 0 Å². The fraction of sp³-hybridized carbons (Fsp3) is 0.222. The van der Waals surface area contributed by atoms with Gasteiger partial charge in [0.1, 0.15) is 6.07 Å².